The van der Waals surface area contributed by atoms with E-state index in [0.717, 1.165) is 25.1 Å². The molecule has 0 unspecified atom stereocenters. The highest BCUT2D eigenvalue weighted by Crippen LogP contribution is 2.30. The molecule has 22 heavy (non-hydrogen) atoms. The average Bonchev–Trinajstić information content (AvgIpc) is 2.51. The van der Waals surface area contributed by atoms with Crippen molar-refractivity contribution in [2.45, 2.75) is 12.6 Å². The molecule has 0 aliphatic heterocycles. The zero-order valence-corrected chi connectivity index (χ0v) is 12.0. The second-order valence-corrected chi connectivity index (χ2v) is 4.62. The summed E-state index contributed by atoms with van der Waals surface area (Å²) in [5.41, 5.74) is -0.171. The molecule has 0 aliphatic rings. The minimum atomic E-state index is -4.34. The molecule has 118 valence electrons. The molecule has 1 aromatic heterocycles. The summed E-state index contributed by atoms with van der Waals surface area (Å²) in [4.78, 5) is 8.21. The lowest BCUT2D eigenvalue weighted by Gasteiger charge is -2.08. The number of ether oxygens (including phenoxy) is 1. The van der Waals surface area contributed by atoms with Crippen molar-refractivity contribution in [2.75, 3.05) is 20.2 Å². The first kappa shape index (κ1) is 16.2. The van der Waals surface area contributed by atoms with Crippen LogP contribution < -0.4 is 10.1 Å². The molecule has 0 fully saturated rings. The Hall–Kier alpha value is -2.15. The van der Waals surface area contributed by atoms with Crippen molar-refractivity contribution in [3.8, 4) is 17.1 Å². The number of alkyl halides is 3. The predicted octanol–water partition coefficient (Wildman–Crippen LogP) is 3.15. The monoisotopic (exact) mass is 311 g/mol. The van der Waals surface area contributed by atoms with Gasteiger partial charge in [0.05, 0.1) is 24.6 Å². The molecule has 7 heteroatoms. The van der Waals surface area contributed by atoms with Crippen molar-refractivity contribution in [1.29, 1.82) is 0 Å². The summed E-state index contributed by atoms with van der Waals surface area (Å²) in [5, 5.41) is 3.01. The highest BCUT2D eigenvalue weighted by atomic mass is 19.4. The van der Waals surface area contributed by atoms with E-state index in [1.807, 2.05) is 7.05 Å². The number of halogens is 3. The summed E-state index contributed by atoms with van der Waals surface area (Å²) in [7, 11) is 1.86. The highest BCUT2D eigenvalue weighted by molar-refractivity contribution is 5.55. The summed E-state index contributed by atoms with van der Waals surface area (Å²) >= 11 is 0. The van der Waals surface area contributed by atoms with Crippen LogP contribution in [-0.4, -0.2) is 30.2 Å². The maximum absolute atomic E-state index is 12.5. The van der Waals surface area contributed by atoms with E-state index in [1.54, 1.807) is 0 Å². The van der Waals surface area contributed by atoms with Crippen LogP contribution in [0.25, 0.3) is 11.4 Å². The molecule has 1 aromatic carbocycles. The van der Waals surface area contributed by atoms with Gasteiger partial charge >= 0.3 is 6.18 Å². The van der Waals surface area contributed by atoms with Crippen molar-refractivity contribution in [2.24, 2.45) is 0 Å². The Balaban J connectivity index is 2.01. The summed E-state index contributed by atoms with van der Waals surface area (Å²) in [6.07, 6.45) is -0.458. The van der Waals surface area contributed by atoms with Crippen LogP contribution in [-0.2, 0) is 6.18 Å². The van der Waals surface area contributed by atoms with E-state index < -0.39 is 11.7 Å². The molecule has 1 N–H and O–H groups in total. The summed E-state index contributed by atoms with van der Waals surface area (Å²) in [5.74, 6) is 0.892. The first-order valence-electron chi connectivity index (χ1n) is 6.78. The number of hydrogen-bond donors (Lipinski definition) is 1. The number of aromatic nitrogens is 2. The minimum absolute atomic E-state index is 0.358. The molecular formula is C15H16F3N3O. The molecule has 0 atom stereocenters. The van der Waals surface area contributed by atoms with E-state index in [4.69, 9.17) is 4.74 Å². The third-order valence-corrected chi connectivity index (χ3v) is 2.94. The van der Waals surface area contributed by atoms with Gasteiger partial charge in [-0.1, -0.05) is 12.1 Å². The number of benzene rings is 1. The fraction of sp³-hybridized carbons (Fsp3) is 0.333. The number of nitrogens with one attached hydrogen (secondary N) is 1. The van der Waals surface area contributed by atoms with Crippen molar-refractivity contribution in [3.05, 3.63) is 42.2 Å². The molecule has 2 aromatic rings. The maximum Gasteiger partial charge on any atom is 0.416 e. The number of rotatable bonds is 6. The van der Waals surface area contributed by atoms with E-state index in [9.17, 15) is 13.2 Å². The zero-order chi connectivity index (χ0) is 16.0. The highest BCUT2D eigenvalue weighted by Gasteiger charge is 2.30. The molecule has 1 heterocycles. The average molecular weight is 311 g/mol. The Kier molecular flexibility index (Phi) is 5.32. The van der Waals surface area contributed by atoms with Crippen LogP contribution in [0.5, 0.6) is 5.75 Å². The normalized spacial score (nSPS) is 11.5. The van der Waals surface area contributed by atoms with Gasteiger partial charge in [-0.2, -0.15) is 13.2 Å². The van der Waals surface area contributed by atoms with Gasteiger partial charge in [-0.3, -0.25) is 0 Å². The molecule has 0 aliphatic carbocycles. The zero-order valence-electron chi connectivity index (χ0n) is 12.0. The van der Waals surface area contributed by atoms with Crippen LogP contribution in [0.1, 0.15) is 12.0 Å². The van der Waals surface area contributed by atoms with Crippen LogP contribution in [0, 0.1) is 0 Å². The van der Waals surface area contributed by atoms with Gasteiger partial charge < -0.3 is 10.1 Å². The standard InChI is InChI=1S/C15H16F3N3O/c1-19-7-2-8-22-13-9-20-14(21-10-13)11-3-5-12(6-4-11)15(16,17)18/h3-6,9-10,19H,2,7-8H2,1H3. The van der Waals surface area contributed by atoms with Gasteiger partial charge in [-0.05, 0) is 32.1 Å². The maximum atomic E-state index is 12.5. The van der Waals surface area contributed by atoms with Gasteiger partial charge in [0.2, 0.25) is 0 Å². The fourth-order valence-corrected chi connectivity index (χ4v) is 1.79. The lowest BCUT2D eigenvalue weighted by atomic mass is 10.1. The van der Waals surface area contributed by atoms with Crippen molar-refractivity contribution < 1.29 is 17.9 Å². The molecule has 2 rings (SSSR count). The molecule has 0 spiro atoms. The minimum Gasteiger partial charge on any atom is -0.490 e. The van der Waals surface area contributed by atoms with Crippen LogP contribution in [0.2, 0.25) is 0 Å². The van der Waals surface area contributed by atoms with E-state index in [1.165, 1.54) is 24.5 Å². The number of nitrogens with zero attached hydrogens (tertiary/aromatic N) is 2. The largest absolute Gasteiger partial charge is 0.490 e. The molecule has 0 radical (unpaired) electrons. The van der Waals surface area contributed by atoms with E-state index in [2.05, 4.69) is 15.3 Å². The lowest BCUT2D eigenvalue weighted by molar-refractivity contribution is -0.137. The van der Waals surface area contributed by atoms with Gasteiger partial charge in [-0.15, -0.1) is 0 Å². The fourth-order valence-electron chi connectivity index (χ4n) is 1.79. The SMILES string of the molecule is CNCCCOc1cnc(-c2ccc(C(F)(F)F)cc2)nc1. The van der Waals surface area contributed by atoms with Gasteiger partial charge in [0.15, 0.2) is 11.6 Å². The Labute approximate surface area is 126 Å². The molecule has 0 saturated carbocycles. The van der Waals surface area contributed by atoms with Crippen LogP contribution in [0.3, 0.4) is 0 Å². The second kappa shape index (κ2) is 7.22. The summed E-state index contributed by atoms with van der Waals surface area (Å²) < 4.78 is 42.9. The molecule has 0 amide bonds. The van der Waals surface area contributed by atoms with Gasteiger partial charge in [0.1, 0.15) is 0 Å². The molecular weight excluding hydrogens is 295 g/mol. The third-order valence-electron chi connectivity index (χ3n) is 2.94. The first-order chi connectivity index (χ1) is 10.5. The Bertz CT molecular complexity index is 582. The van der Waals surface area contributed by atoms with Crippen molar-refractivity contribution in [1.82, 2.24) is 15.3 Å². The smallest absolute Gasteiger partial charge is 0.416 e. The molecule has 4 nitrogen and oxygen atoms in total. The van der Waals surface area contributed by atoms with Gasteiger partial charge in [0, 0.05) is 5.56 Å². The Morgan fingerprint density at radius 2 is 1.73 bits per heavy atom. The van der Waals surface area contributed by atoms with E-state index >= 15 is 0 Å². The quantitative estimate of drug-likeness (QED) is 0.833. The summed E-state index contributed by atoms with van der Waals surface area (Å²) in [6, 6.07) is 4.74. The van der Waals surface area contributed by atoms with Gasteiger partial charge in [0.25, 0.3) is 0 Å². The van der Waals surface area contributed by atoms with Crippen LogP contribution >= 0.6 is 0 Å². The van der Waals surface area contributed by atoms with E-state index in [-0.39, 0.29) is 0 Å². The lowest BCUT2D eigenvalue weighted by Crippen LogP contribution is -2.11. The summed E-state index contributed by atoms with van der Waals surface area (Å²) in [6.45, 7) is 1.40. The number of hydrogen-bond acceptors (Lipinski definition) is 4. The Morgan fingerprint density at radius 1 is 1.09 bits per heavy atom. The van der Waals surface area contributed by atoms with Crippen LogP contribution in [0.15, 0.2) is 36.7 Å². The molecule has 0 bridgehead atoms. The first-order valence-corrected chi connectivity index (χ1v) is 6.78. The van der Waals surface area contributed by atoms with Gasteiger partial charge in [-0.25, -0.2) is 9.97 Å². The third kappa shape index (κ3) is 4.42. The second-order valence-electron chi connectivity index (χ2n) is 4.62. The van der Waals surface area contributed by atoms with Crippen molar-refractivity contribution >= 4 is 0 Å². The van der Waals surface area contributed by atoms with Crippen molar-refractivity contribution in [3.63, 3.8) is 0 Å². The topological polar surface area (TPSA) is 47.0 Å². The van der Waals surface area contributed by atoms with Crippen LogP contribution in [0.4, 0.5) is 13.2 Å². The van der Waals surface area contributed by atoms with E-state index in [0.29, 0.717) is 23.7 Å². The molecule has 0 saturated heterocycles. The Morgan fingerprint density at radius 3 is 2.27 bits per heavy atom. The predicted molar refractivity (Wildman–Crippen MR) is 76.5 cm³/mol.